The fraction of sp³-hybridized carbons (Fsp3) is 0. The number of rotatable bonds is 6. The molecule has 0 fully saturated rings. The number of phenolic OH excluding ortho intramolecular Hbond substituents is 1. The van der Waals surface area contributed by atoms with Gasteiger partial charge in [-0.25, -0.2) is 0 Å². The predicted molar refractivity (Wildman–Crippen MR) is 152 cm³/mol. The molecule has 1 amide bonds. The third kappa shape index (κ3) is 5.57. The van der Waals surface area contributed by atoms with Crippen LogP contribution in [0.4, 0.5) is 22.7 Å². The van der Waals surface area contributed by atoms with Crippen molar-refractivity contribution in [1.29, 1.82) is 0 Å². The first-order chi connectivity index (χ1) is 19.3. The summed E-state index contributed by atoms with van der Waals surface area (Å²) in [6.07, 6.45) is 0. The van der Waals surface area contributed by atoms with Crippen molar-refractivity contribution in [2.75, 3.05) is 11.1 Å². The highest BCUT2D eigenvalue weighted by Crippen LogP contribution is 2.45. The van der Waals surface area contributed by atoms with Crippen LogP contribution in [0.5, 0.6) is 5.75 Å². The molecule has 0 aliphatic heterocycles. The van der Waals surface area contributed by atoms with Crippen LogP contribution >= 0.6 is 0 Å². The average molecular weight is 593 g/mol. The summed E-state index contributed by atoms with van der Waals surface area (Å²) < 4.78 is 68.3. The number of fused-ring (bicyclic) bond motifs is 2. The molecule has 5 aromatic rings. The van der Waals surface area contributed by atoms with E-state index in [1.165, 1.54) is 24.3 Å². The van der Waals surface area contributed by atoms with Gasteiger partial charge in [0.15, 0.2) is 5.75 Å². The normalized spacial score (nSPS) is 12.2. The molecule has 0 unspecified atom stereocenters. The maximum absolute atomic E-state index is 13.0. The molecule has 208 valence electrons. The Morgan fingerprint density at radius 3 is 2.15 bits per heavy atom. The summed E-state index contributed by atoms with van der Waals surface area (Å²) in [5.41, 5.74) is 5.51. The van der Waals surface area contributed by atoms with Crippen molar-refractivity contribution in [3.05, 3.63) is 90.5 Å². The second kappa shape index (κ2) is 10.3. The van der Waals surface area contributed by atoms with Gasteiger partial charge in [0.2, 0.25) is 0 Å². The first-order valence-electron chi connectivity index (χ1n) is 11.7. The minimum Gasteiger partial charge on any atom is -0.505 e. The van der Waals surface area contributed by atoms with Crippen LogP contribution in [-0.4, -0.2) is 37.0 Å². The Balaban J connectivity index is 1.76. The molecule has 0 radical (unpaired) electrons. The van der Waals surface area contributed by atoms with E-state index < -0.39 is 47.4 Å². The molecule has 0 aliphatic carbocycles. The summed E-state index contributed by atoms with van der Waals surface area (Å²) in [5, 5.41) is 22.8. The number of carbonyl (C=O) groups is 1. The summed E-state index contributed by atoms with van der Waals surface area (Å²) in [7, 11) is -9.92. The molecule has 5 aromatic carbocycles. The van der Waals surface area contributed by atoms with E-state index in [1.807, 2.05) is 18.2 Å². The fourth-order valence-electron chi connectivity index (χ4n) is 4.23. The minimum absolute atomic E-state index is 0.120. The zero-order chi connectivity index (χ0) is 29.5. The van der Waals surface area contributed by atoms with Gasteiger partial charge in [-0.05, 0) is 59.3 Å². The number of azo groups is 1. The molecule has 0 atom stereocenters. The number of nitrogens with two attached hydrogens (primary N) is 1. The zero-order valence-electron chi connectivity index (χ0n) is 20.8. The van der Waals surface area contributed by atoms with Gasteiger partial charge in [0.25, 0.3) is 26.1 Å². The first-order valence-corrected chi connectivity index (χ1v) is 14.6. The molecule has 0 bridgehead atoms. The Morgan fingerprint density at radius 2 is 1.46 bits per heavy atom. The first kappa shape index (κ1) is 27.7. The maximum atomic E-state index is 13.0. The Bertz CT molecular complexity index is 2110. The number of carbonyl (C=O) groups excluding carboxylic acids is 1. The van der Waals surface area contributed by atoms with E-state index in [9.17, 15) is 35.8 Å². The van der Waals surface area contributed by atoms with Crippen LogP contribution in [0, 0.1) is 0 Å². The van der Waals surface area contributed by atoms with E-state index in [0.717, 1.165) is 23.6 Å². The Morgan fingerprint density at radius 1 is 0.780 bits per heavy atom. The van der Waals surface area contributed by atoms with E-state index in [0.29, 0.717) is 16.8 Å². The van der Waals surface area contributed by atoms with Crippen molar-refractivity contribution in [1.82, 2.24) is 0 Å². The zero-order valence-corrected chi connectivity index (χ0v) is 22.4. The SMILES string of the molecule is Nc1ccc(C(=O)Nc2cc(S(=O)(=O)O)cc3cc(S(=O)(=O)O)c(N=Nc4cccc5ccccc45)c(O)c23)cc1. The summed E-state index contributed by atoms with van der Waals surface area (Å²) >= 11 is 0. The van der Waals surface area contributed by atoms with Gasteiger partial charge < -0.3 is 16.2 Å². The molecule has 0 spiro atoms. The molecule has 0 heterocycles. The van der Waals surface area contributed by atoms with Gasteiger partial charge in [0.1, 0.15) is 10.6 Å². The van der Waals surface area contributed by atoms with Gasteiger partial charge in [-0.15, -0.1) is 10.2 Å². The van der Waals surface area contributed by atoms with Crippen molar-refractivity contribution in [3.8, 4) is 5.75 Å². The molecule has 0 aliphatic rings. The van der Waals surface area contributed by atoms with Gasteiger partial charge in [0.05, 0.1) is 16.3 Å². The summed E-state index contributed by atoms with van der Waals surface area (Å²) in [6, 6.07) is 20.6. The molecular formula is C27H20N4O8S2. The van der Waals surface area contributed by atoms with Gasteiger partial charge in [-0.1, -0.05) is 36.4 Å². The van der Waals surface area contributed by atoms with E-state index in [2.05, 4.69) is 15.5 Å². The minimum atomic E-state index is -5.05. The molecule has 0 aromatic heterocycles. The number of anilines is 2. The van der Waals surface area contributed by atoms with Gasteiger partial charge in [0, 0.05) is 22.0 Å². The van der Waals surface area contributed by atoms with Crippen molar-refractivity contribution < 1.29 is 35.8 Å². The smallest absolute Gasteiger partial charge is 0.296 e. The predicted octanol–water partition coefficient (Wildman–Crippen LogP) is 5.44. The van der Waals surface area contributed by atoms with E-state index in [1.54, 1.807) is 24.3 Å². The van der Waals surface area contributed by atoms with Gasteiger partial charge >= 0.3 is 0 Å². The second-order valence-corrected chi connectivity index (χ2v) is 11.7. The number of amides is 1. The molecule has 14 heteroatoms. The number of phenols is 1. The number of aromatic hydroxyl groups is 1. The Hall–Kier alpha value is -4.89. The van der Waals surface area contributed by atoms with Crippen molar-refractivity contribution >= 4 is 70.4 Å². The van der Waals surface area contributed by atoms with Crippen LogP contribution in [-0.2, 0) is 20.2 Å². The van der Waals surface area contributed by atoms with Crippen LogP contribution in [0.2, 0.25) is 0 Å². The highest BCUT2D eigenvalue weighted by molar-refractivity contribution is 7.86. The van der Waals surface area contributed by atoms with Gasteiger partial charge in [-0.2, -0.15) is 16.8 Å². The van der Waals surface area contributed by atoms with E-state index in [-0.39, 0.29) is 22.0 Å². The van der Waals surface area contributed by atoms with Crippen LogP contribution < -0.4 is 11.1 Å². The lowest BCUT2D eigenvalue weighted by molar-refractivity contribution is 0.102. The summed E-state index contributed by atoms with van der Waals surface area (Å²) in [4.78, 5) is 11.4. The second-order valence-electron chi connectivity index (χ2n) is 8.87. The van der Waals surface area contributed by atoms with E-state index in [4.69, 9.17) is 5.73 Å². The van der Waals surface area contributed by atoms with E-state index >= 15 is 0 Å². The summed E-state index contributed by atoms with van der Waals surface area (Å²) in [5.74, 6) is -1.58. The van der Waals surface area contributed by atoms with Crippen LogP contribution in [0.15, 0.2) is 105 Å². The lowest BCUT2D eigenvalue weighted by Crippen LogP contribution is -2.13. The third-order valence-electron chi connectivity index (χ3n) is 6.14. The third-order valence-corrected chi connectivity index (χ3v) is 7.84. The standard InChI is InChI=1S/C27H20N4O8S2/c28-18-10-8-16(9-11-18)27(33)29-22-14-19(40(34,35)36)12-17-13-23(41(37,38)39)25(26(32)24(17)22)31-30-21-7-3-5-15-4-1-2-6-20(15)21/h1-14,32H,28H2,(H,29,33)(H,34,35,36)(H,37,38,39). The number of benzene rings is 5. The van der Waals surface area contributed by atoms with Crippen LogP contribution in [0.25, 0.3) is 21.5 Å². The van der Waals surface area contributed by atoms with Crippen molar-refractivity contribution in [3.63, 3.8) is 0 Å². The topological polar surface area (TPSA) is 209 Å². The molecule has 5 rings (SSSR count). The molecule has 12 nitrogen and oxygen atoms in total. The molecule has 6 N–H and O–H groups in total. The highest BCUT2D eigenvalue weighted by Gasteiger charge is 2.26. The number of nitrogen functional groups attached to an aromatic ring is 1. The van der Waals surface area contributed by atoms with Crippen LogP contribution in [0.1, 0.15) is 10.4 Å². The average Bonchev–Trinajstić information content (AvgIpc) is 2.91. The quantitative estimate of drug-likeness (QED) is 0.0964. The lowest BCUT2D eigenvalue weighted by atomic mass is 10.1. The van der Waals surface area contributed by atoms with Crippen molar-refractivity contribution in [2.24, 2.45) is 10.2 Å². The fourth-order valence-corrected chi connectivity index (χ4v) is 5.43. The number of nitrogens with one attached hydrogen (secondary N) is 1. The monoisotopic (exact) mass is 592 g/mol. The highest BCUT2D eigenvalue weighted by atomic mass is 32.2. The Labute approximate surface area is 233 Å². The number of hydrogen-bond donors (Lipinski definition) is 5. The summed E-state index contributed by atoms with van der Waals surface area (Å²) in [6.45, 7) is 0. The molecule has 41 heavy (non-hydrogen) atoms. The molecule has 0 saturated heterocycles. The number of hydrogen-bond acceptors (Lipinski definition) is 9. The lowest BCUT2D eigenvalue weighted by Gasteiger charge is -2.15. The molecule has 0 saturated carbocycles. The number of nitrogens with zero attached hydrogens (tertiary/aromatic N) is 2. The molecular weight excluding hydrogens is 572 g/mol. The van der Waals surface area contributed by atoms with Crippen molar-refractivity contribution in [2.45, 2.75) is 9.79 Å². The largest absolute Gasteiger partial charge is 0.505 e. The van der Waals surface area contributed by atoms with Gasteiger partial charge in [-0.3, -0.25) is 13.9 Å². The maximum Gasteiger partial charge on any atom is 0.296 e. The Kier molecular flexibility index (Phi) is 6.92. The van der Waals surface area contributed by atoms with Crippen LogP contribution in [0.3, 0.4) is 0 Å².